The van der Waals surface area contributed by atoms with E-state index >= 15 is 0 Å². The third-order valence-electron chi connectivity index (χ3n) is 3.83. The summed E-state index contributed by atoms with van der Waals surface area (Å²) in [7, 11) is 5.57. The van der Waals surface area contributed by atoms with Crippen LogP contribution in [0.15, 0.2) is 12.1 Å². The van der Waals surface area contributed by atoms with Gasteiger partial charge in [0, 0.05) is 31.8 Å². The zero-order chi connectivity index (χ0) is 14.0. The molecule has 0 saturated carbocycles. The van der Waals surface area contributed by atoms with Crippen molar-refractivity contribution in [1.82, 2.24) is 4.90 Å². The molecule has 1 aromatic carbocycles. The molecule has 19 heavy (non-hydrogen) atoms. The highest BCUT2D eigenvalue weighted by Gasteiger charge is 2.23. The van der Waals surface area contributed by atoms with Gasteiger partial charge in [-0.3, -0.25) is 0 Å². The molecule has 106 valence electrons. The first-order valence-corrected chi connectivity index (χ1v) is 6.57. The summed E-state index contributed by atoms with van der Waals surface area (Å²) in [5.74, 6) is 0.224. The number of ether oxygens (including phenoxy) is 1. The van der Waals surface area contributed by atoms with Gasteiger partial charge in [0.15, 0.2) is 0 Å². The van der Waals surface area contributed by atoms with E-state index in [1.54, 1.807) is 13.2 Å². The largest absolute Gasteiger partial charge is 0.495 e. The molecule has 0 amide bonds. The summed E-state index contributed by atoms with van der Waals surface area (Å²) in [4.78, 5) is 4.27. The van der Waals surface area contributed by atoms with Crippen LogP contribution in [0.25, 0.3) is 0 Å². The Morgan fingerprint density at radius 2 is 2.21 bits per heavy atom. The van der Waals surface area contributed by atoms with Gasteiger partial charge < -0.3 is 20.3 Å². The molecule has 1 unspecified atom stereocenters. The van der Waals surface area contributed by atoms with E-state index in [2.05, 4.69) is 11.9 Å². The van der Waals surface area contributed by atoms with Crippen molar-refractivity contribution in [3.63, 3.8) is 0 Å². The standard InChI is InChI=1S/C14H22FN3O/c1-17-6-4-5-10(9-17)18(2)13-8-14(19-3)12(16)7-11(13)15/h7-8,10H,4-6,9,16H2,1-3H3. The predicted molar refractivity (Wildman–Crippen MR) is 76.3 cm³/mol. The number of anilines is 2. The van der Waals surface area contributed by atoms with Gasteiger partial charge in [0.05, 0.1) is 18.5 Å². The molecular weight excluding hydrogens is 245 g/mol. The van der Waals surface area contributed by atoms with Crippen LogP contribution in [-0.4, -0.2) is 45.2 Å². The van der Waals surface area contributed by atoms with Crippen LogP contribution >= 0.6 is 0 Å². The Balaban J connectivity index is 2.25. The third-order valence-corrected chi connectivity index (χ3v) is 3.83. The zero-order valence-corrected chi connectivity index (χ0v) is 11.8. The maximum Gasteiger partial charge on any atom is 0.148 e. The molecule has 1 fully saturated rings. The van der Waals surface area contributed by atoms with Crippen molar-refractivity contribution in [2.75, 3.05) is 44.9 Å². The Kier molecular flexibility index (Phi) is 4.14. The molecule has 1 aromatic rings. The molecular formula is C14H22FN3O. The topological polar surface area (TPSA) is 41.7 Å². The average molecular weight is 267 g/mol. The monoisotopic (exact) mass is 267 g/mol. The van der Waals surface area contributed by atoms with Crippen molar-refractivity contribution in [3.8, 4) is 5.75 Å². The van der Waals surface area contributed by atoms with E-state index in [9.17, 15) is 4.39 Å². The van der Waals surface area contributed by atoms with Gasteiger partial charge in [0.1, 0.15) is 11.6 Å². The normalized spacial score (nSPS) is 20.3. The number of hydrogen-bond donors (Lipinski definition) is 1. The molecule has 1 atom stereocenters. The van der Waals surface area contributed by atoms with E-state index in [1.165, 1.54) is 6.07 Å². The maximum absolute atomic E-state index is 14.1. The molecule has 1 heterocycles. The summed E-state index contributed by atoms with van der Waals surface area (Å²) in [6, 6.07) is 3.33. The number of nitrogens with two attached hydrogens (primary N) is 1. The number of benzene rings is 1. The second-order valence-electron chi connectivity index (χ2n) is 5.21. The summed E-state index contributed by atoms with van der Waals surface area (Å²) < 4.78 is 19.2. The van der Waals surface area contributed by atoms with Gasteiger partial charge in [-0.1, -0.05) is 0 Å². The maximum atomic E-state index is 14.1. The van der Waals surface area contributed by atoms with Gasteiger partial charge in [0.25, 0.3) is 0 Å². The van der Waals surface area contributed by atoms with Crippen LogP contribution in [0.4, 0.5) is 15.8 Å². The first-order valence-electron chi connectivity index (χ1n) is 6.57. The van der Waals surface area contributed by atoms with Gasteiger partial charge >= 0.3 is 0 Å². The lowest BCUT2D eigenvalue weighted by atomic mass is 10.0. The molecule has 1 aliphatic heterocycles. The summed E-state index contributed by atoms with van der Waals surface area (Å²) in [6.45, 7) is 2.06. The Hall–Kier alpha value is -1.49. The van der Waals surface area contributed by atoms with Crippen LogP contribution < -0.4 is 15.4 Å². The molecule has 0 spiro atoms. The van der Waals surface area contributed by atoms with Crippen molar-refractivity contribution in [2.24, 2.45) is 0 Å². The van der Waals surface area contributed by atoms with Crippen LogP contribution in [0.3, 0.4) is 0 Å². The van der Waals surface area contributed by atoms with E-state index < -0.39 is 0 Å². The minimum Gasteiger partial charge on any atom is -0.495 e. The lowest BCUT2D eigenvalue weighted by Gasteiger charge is -2.37. The molecule has 0 radical (unpaired) electrons. The molecule has 2 N–H and O–H groups in total. The van der Waals surface area contributed by atoms with Gasteiger partial charge in [0.2, 0.25) is 0 Å². The number of methoxy groups -OCH3 is 1. The highest BCUT2D eigenvalue weighted by atomic mass is 19.1. The first-order chi connectivity index (χ1) is 9.02. The van der Waals surface area contributed by atoms with Gasteiger partial charge in [-0.2, -0.15) is 0 Å². The van der Waals surface area contributed by atoms with E-state index in [0.717, 1.165) is 25.9 Å². The van der Waals surface area contributed by atoms with Crippen molar-refractivity contribution in [3.05, 3.63) is 17.9 Å². The number of nitrogen functional groups attached to an aromatic ring is 1. The number of likely N-dealkylation sites (tertiary alicyclic amines) is 1. The highest BCUT2D eigenvalue weighted by molar-refractivity contribution is 5.63. The van der Waals surface area contributed by atoms with Crippen LogP contribution in [0.5, 0.6) is 5.75 Å². The van der Waals surface area contributed by atoms with Gasteiger partial charge in [-0.05, 0) is 26.4 Å². The van der Waals surface area contributed by atoms with Crippen LogP contribution in [-0.2, 0) is 0 Å². The van der Waals surface area contributed by atoms with Crippen molar-refractivity contribution >= 4 is 11.4 Å². The fourth-order valence-electron chi connectivity index (χ4n) is 2.66. The number of hydrogen-bond acceptors (Lipinski definition) is 4. The minimum absolute atomic E-state index is 0.297. The van der Waals surface area contributed by atoms with E-state index in [-0.39, 0.29) is 5.82 Å². The Labute approximate surface area is 113 Å². The van der Waals surface area contributed by atoms with Crippen LogP contribution in [0.1, 0.15) is 12.8 Å². The summed E-state index contributed by atoms with van der Waals surface area (Å²) >= 11 is 0. The molecule has 0 aromatic heterocycles. The Bertz CT molecular complexity index is 453. The zero-order valence-electron chi connectivity index (χ0n) is 11.8. The van der Waals surface area contributed by atoms with Crippen LogP contribution in [0.2, 0.25) is 0 Å². The molecule has 1 saturated heterocycles. The number of likely N-dealkylation sites (N-methyl/N-ethyl adjacent to an activating group) is 2. The van der Waals surface area contributed by atoms with Crippen LogP contribution in [0, 0.1) is 5.82 Å². The van der Waals surface area contributed by atoms with E-state index in [0.29, 0.717) is 23.2 Å². The van der Waals surface area contributed by atoms with E-state index in [1.807, 2.05) is 11.9 Å². The summed E-state index contributed by atoms with van der Waals surface area (Å²) in [5, 5.41) is 0. The lowest BCUT2D eigenvalue weighted by Crippen LogP contribution is -2.45. The quantitative estimate of drug-likeness (QED) is 0.850. The third kappa shape index (κ3) is 2.92. The first kappa shape index (κ1) is 13.9. The predicted octanol–water partition coefficient (Wildman–Crippen LogP) is 1.95. The highest BCUT2D eigenvalue weighted by Crippen LogP contribution is 2.32. The van der Waals surface area contributed by atoms with E-state index in [4.69, 9.17) is 10.5 Å². The number of piperidine rings is 1. The molecule has 1 aliphatic rings. The fraction of sp³-hybridized carbons (Fsp3) is 0.571. The molecule has 0 bridgehead atoms. The second kappa shape index (κ2) is 5.65. The van der Waals surface area contributed by atoms with Gasteiger partial charge in [-0.25, -0.2) is 4.39 Å². The van der Waals surface area contributed by atoms with Gasteiger partial charge in [-0.15, -0.1) is 0 Å². The second-order valence-corrected chi connectivity index (χ2v) is 5.21. The molecule has 0 aliphatic carbocycles. The summed E-state index contributed by atoms with van der Waals surface area (Å²) in [6.07, 6.45) is 2.21. The smallest absolute Gasteiger partial charge is 0.148 e. The lowest BCUT2D eigenvalue weighted by molar-refractivity contribution is 0.247. The molecule has 2 rings (SSSR count). The summed E-state index contributed by atoms with van der Waals surface area (Å²) in [5.41, 5.74) is 6.59. The van der Waals surface area contributed by atoms with Crippen molar-refractivity contribution in [2.45, 2.75) is 18.9 Å². The molecule has 4 nitrogen and oxygen atoms in total. The van der Waals surface area contributed by atoms with Crippen molar-refractivity contribution < 1.29 is 9.13 Å². The number of halogens is 1. The van der Waals surface area contributed by atoms with Crippen molar-refractivity contribution in [1.29, 1.82) is 0 Å². The Morgan fingerprint density at radius 3 is 2.84 bits per heavy atom. The number of nitrogens with zero attached hydrogens (tertiary/aromatic N) is 2. The number of rotatable bonds is 3. The fourth-order valence-corrected chi connectivity index (χ4v) is 2.66. The minimum atomic E-state index is -0.297. The average Bonchev–Trinajstić information content (AvgIpc) is 2.38. The molecule has 5 heteroatoms. The SMILES string of the molecule is COc1cc(N(C)C2CCCN(C)C2)c(F)cc1N. The Morgan fingerprint density at radius 1 is 1.47 bits per heavy atom.